The summed E-state index contributed by atoms with van der Waals surface area (Å²) in [6, 6.07) is 13.3. The molecule has 0 saturated carbocycles. The zero-order valence-electron chi connectivity index (χ0n) is 18.8. The van der Waals surface area contributed by atoms with Crippen LogP contribution in [0.5, 0.6) is 17.2 Å². The van der Waals surface area contributed by atoms with Crippen LogP contribution < -0.4 is 19.5 Å². The van der Waals surface area contributed by atoms with Crippen LogP contribution in [0.4, 0.5) is 0 Å². The molecule has 0 bridgehead atoms. The van der Waals surface area contributed by atoms with Crippen molar-refractivity contribution in [3.8, 4) is 28.7 Å². The molecule has 0 radical (unpaired) electrons. The second-order valence-electron chi connectivity index (χ2n) is 7.03. The van der Waals surface area contributed by atoms with Crippen molar-refractivity contribution in [2.24, 2.45) is 0 Å². The zero-order chi connectivity index (χ0) is 22.9. The molecule has 3 rings (SSSR count). The summed E-state index contributed by atoms with van der Waals surface area (Å²) in [5.41, 5.74) is 2.80. The van der Waals surface area contributed by atoms with Gasteiger partial charge in [0.2, 0.25) is 11.8 Å². The molecule has 0 aliphatic carbocycles. The highest BCUT2D eigenvalue weighted by molar-refractivity contribution is 7.99. The number of nitrogens with zero attached hydrogens (tertiary/aromatic N) is 1. The van der Waals surface area contributed by atoms with Gasteiger partial charge in [-0.3, -0.25) is 4.79 Å². The number of ether oxygens (including phenoxy) is 3. The first-order chi connectivity index (χ1) is 15.5. The first-order valence-electron chi connectivity index (χ1n) is 10.2. The minimum atomic E-state index is -0.00741. The van der Waals surface area contributed by atoms with Crippen molar-refractivity contribution in [3.63, 3.8) is 0 Å². The lowest BCUT2D eigenvalue weighted by Crippen LogP contribution is -2.27. The Morgan fingerprint density at radius 1 is 1.03 bits per heavy atom. The summed E-state index contributed by atoms with van der Waals surface area (Å²) in [4.78, 5) is 16.8. The molecule has 8 heteroatoms. The first kappa shape index (κ1) is 23.5. The van der Waals surface area contributed by atoms with Crippen LogP contribution in [0, 0.1) is 6.92 Å². The zero-order valence-corrected chi connectivity index (χ0v) is 19.6. The molecule has 7 nitrogen and oxygen atoms in total. The molecule has 1 N–H and O–H groups in total. The summed E-state index contributed by atoms with van der Waals surface area (Å²) in [5, 5.41) is 2.95. The Hall–Kier alpha value is -3.13. The SMILES string of the molecule is COc1ccc(-c2nc(CSCC(=O)NCCc3ccc(OC)c(OC)c3)c(C)o2)cc1. The van der Waals surface area contributed by atoms with E-state index in [2.05, 4.69) is 10.3 Å². The Kier molecular flexibility index (Phi) is 8.44. The van der Waals surface area contributed by atoms with E-state index in [1.54, 1.807) is 21.3 Å². The third kappa shape index (κ3) is 6.20. The largest absolute Gasteiger partial charge is 0.497 e. The number of hydrogen-bond acceptors (Lipinski definition) is 7. The van der Waals surface area contributed by atoms with Crippen LogP contribution in [0.15, 0.2) is 46.9 Å². The van der Waals surface area contributed by atoms with Crippen molar-refractivity contribution in [1.29, 1.82) is 0 Å². The Bertz CT molecular complexity index is 1030. The van der Waals surface area contributed by atoms with Gasteiger partial charge in [0.1, 0.15) is 11.5 Å². The fourth-order valence-electron chi connectivity index (χ4n) is 3.09. The summed E-state index contributed by atoms with van der Waals surface area (Å²) in [6.45, 7) is 2.44. The topological polar surface area (TPSA) is 82.8 Å². The normalized spacial score (nSPS) is 10.6. The van der Waals surface area contributed by atoms with E-state index in [0.717, 1.165) is 28.3 Å². The molecule has 0 unspecified atom stereocenters. The number of thioether (sulfide) groups is 1. The van der Waals surface area contributed by atoms with Gasteiger partial charge >= 0.3 is 0 Å². The Morgan fingerprint density at radius 3 is 2.47 bits per heavy atom. The van der Waals surface area contributed by atoms with Crippen molar-refractivity contribution in [2.45, 2.75) is 19.1 Å². The van der Waals surface area contributed by atoms with Gasteiger partial charge < -0.3 is 23.9 Å². The van der Waals surface area contributed by atoms with Crippen molar-refractivity contribution in [3.05, 3.63) is 59.5 Å². The number of amides is 1. The highest BCUT2D eigenvalue weighted by atomic mass is 32.2. The average Bonchev–Trinajstić information content (AvgIpc) is 3.19. The number of aromatic nitrogens is 1. The van der Waals surface area contributed by atoms with E-state index in [0.29, 0.717) is 41.9 Å². The fourth-order valence-corrected chi connectivity index (χ4v) is 3.94. The smallest absolute Gasteiger partial charge is 0.230 e. The van der Waals surface area contributed by atoms with Gasteiger partial charge in [0.25, 0.3) is 0 Å². The van der Waals surface area contributed by atoms with Crippen LogP contribution >= 0.6 is 11.8 Å². The molecule has 2 aromatic carbocycles. The molecule has 32 heavy (non-hydrogen) atoms. The lowest BCUT2D eigenvalue weighted by molar-refractivity contribution is -0.118. The fraction of sp³-hybridized carbons (Fsp3) is 0.333. The minimum absolute atomic E-state index is 0.00741. The number of methoxy groups -OCH3 is 3. The van der Waals surface area contributed by atoms with Crippen LogP contribution in [-0.2, 0) is 17.0 Å². The molecule has 3 aromatic rings. The number of carbonyl (C=O) groups is 1. The van der Waals surface area contributed by atoms with Crippen molar-refractivity contribution in [2.75, 3.05) is 33.6 Å². The van der Waals surface area contributed by atoms with E-state index in [9.17, 15) is 4.79 Å². The number of hydrogen-bond donors (Lipinski definition) is 1. The number of nitrogens with one attached hydrogen (secondary N) is 1. The van der Waals surface area contributed by atoms with Gasteiger partial charge in [0.15, 0.2) is 11.5 Å². The quantitative estimate of drug-likeness (QED) is 0.461. The predicted octanol–water partition coefficient (Wildman–Crippen LogP) is 4.27. The molecule has 1 heterocycles. The van der Waals surface area contributed by atoms with Gasteiger partial charge in [0, 0.05) is 17.9 Å². The third-order valence-electron chi connectivity index (χ3n) is 4.89. The molecule has 170 valence electrons. The van der Waals surface area contributed by atoms with E-state index in [-0.39, 0.29) is 5.91 Å². The second kappa shape index (κ2) is 11.5. The maximum Gasteiger partial charge on any atom is 0.230 e. The molecule has 1 aromatic heterocycles. The highest BCUT2D eigenvalue weighted by Gasteiger charge is 2.13. The molecular formula is C24H28N2O5S. The van der Waals surface area contributed by atoms with E-state index >= 15 is 0 Å². The summed E-state index contributed by atoms with van der Waals surface area (Å²) >= 11 is 1.51. The van der Waals surface area contributed by atoms with E-state index in [1.807, 2.05) is 49.4 Å². The summed E-state index contributed by atoms with van der Waals surface area (Å²) in [6.07, 6.45) is 0.713. The Labute approximate surface area is 192 Å². The van der Waals surface area contributed by atoms with Crippen LogP contribution in [0.2, 0.25) is 0 Å². The molecule has 0 aliphatic rings. The first-order valence-corrected chi connectivity index (χ1v) is 11.4. The van der Waals surface area contributed by atoms with Crippen LogP contribution in [-0.4, -0.2) is 44.5 Å². The molecule has 1 amide bonds. The van der Waals surface area contributed by atoms with Gasteiger partial charge in [-0.15, -0.1) is 11.8 Å². The number of benzene rings is 2. The van der Waals surface area contributed by atoms with Crippen LogP contribution in [0.1, 0.15) is 17.0 Å². The molecule has 0 fully saturated rings. The minimum Gasteiger partial charge on any atom is -0.497 e. The molecule has 0 aliphatic heterocycles. The van der Waals surface area contributed by atoms with Crippen LogP contribution in [0.25, 0.3) is 11.5 Å². The number of carbonyl (C=O) groups excluding carboxylic acids is 1. The van der Waals surface area contributed by atoms with Gasteiger partial charge in [-0.2, -0.15) is 0 Å². The third-order valence-corrected chi connectivity index (χ3v) is 5.83. The van der Waals surface area contributed by atoms with Gasteiger partial charge in [-0.25, -0.2) is 4.98 Å². The number of rotatable bonds is 11. The van der Waals surface area contributed by atoms with Crippen molar-refractivity contribution in [1.82, 2.24) is 10.3 Å². The van der Waals surface area contributed by atoms with E-state index < -0.39 is 0 Å². The van der Waals surface area contributed by atoms with Gasteiger partial charge in [0.05, 0.1) is 32.8 Å². The van der Waals surface area contributed by atoms with Crippen molar-refractivity contribution >= 4 is 17.7 Å². The van der Waals surface area contributed by atoms with Crippen molar-refractivity contribution < 1.29 is 23.4 Å². The van der Waals surface area contributed by atoms with E-state index in [1.165, 1.54) is 11.8 Å². The molecule has 0 atom stereocenters. The highest BCUT2D eigenvalue weighted by Crippen LogP contribution is 2.28. The average molecular weight is 457 g/mol. The Morgan fingerprint density at radius 2 is 1.78 bits per heavy atom. The monoisotopic (exact) mass is 456 g/mol. The summed E-state index contributed by atoms with van der Waals surface area (Å²) in [5.74, 6) is 4.44. The Balaban J connectivity index is 1.43. The van der Waals surface area contributed by atoms with Crippen LogP contribution in [0.3, 0.4) is 0 Å². The lowest BCUT2D eigenvalue weighted by atomic mass is 10.1. The van der Waals surface area contributed by atoms with Gasteiger partial charge in [-0.1, -0.05) is 6.07 Å². The summed E-state index contributed by atoms with van der Waals surface area (Å²) in [7, 11) is 4.85. The summed E-state index contributed by atoms with van der Waals surface area (Å²) < 4.78 is 21.5. The number of oxazole rings is 1. The molecular weight excluding hydrogens is 428 g/mol. The number of aryl methyl sites for hydroxylation is 1. The van der Waals surface area contributed by atoms with Gasteiger partial charge in [-0.05, 0) is 55.3 Å². The maximum absolute atomic E-state index is 12.2. The molecule has 0 spiro atoms. The standard InChI is InChI=1S/C24H28N2O5S/c1-16-20(26-24(31-16)18-6-8-19(28-2)9-7-18)14-32-15-23(27)25-12-11-17-5-10-21(29-3)22(13-17)30-4/h5-10,13H,11-12,14-15H2,1-4H3,(H,25,27). The maximum atomic E-state index is 12.2. The van der Waals surface area contributed by atoms with E-state index in [4.69, 9.17) is 18.6 Å². The molecule has 0 saturated heterocycles. The predicted molar refractivity (Wildman–Crippen MR) is 126 cm³/mol. The lowest BCUT2D eigenvalue weighted by Gasteiger charge is -2.10. The second-order valence-corrected chi connectivity index (χ2v) is 8.02.